The fraction of sp³-hybridized carbons (Fsp3) is 0.667. The molecule has 1 aromatic rings. The van der Waals surface area contributed by atoms with Gasteiger partial charge in [0.1, 0.15) is 24.3 Å². The Morgan fingerprint density at radius 2 is 1.70 bits per heavy atom. The first-order chi connectivity index (χ1) is 19.9. The molecule has 5 amide bonds. The van der Waals surface area contributed by atoms with Crippen molar-refractivity contribution in [1.29, 1.82) is 0 Å². The number of hydroxylamine groups is 2. The molecular weight excluding hydrogens is 570 g/mol. The monoisotopic (exact) mass is 617 g/mol. The Morgan fingerprint density at radius 3 is 2.28 bits per heavy atom. The van der Waals surface area contributed by atoms with Gasteiger partial charge in [-0.05, 0) is 69.1 Å². The zero-order chi connectivity index (χ0) is 31.8. The van der Waals surface area contributed by atoms with Gasteiger partial charge >= 0.3 is 12.1 Å². The summed E-state index contributed by atoms with van der Waals surface area (Å²) < 4.78 is 11.6. The summed E-state index contributed by atoms with van der Waals surface area (Å²) in [6, 6.07) is 7.24. The fourth-order valence-electron chi connectivity index (χ4n) is 5.16. The third-order valence-corrected chi connectivity index (χ3v) is 13.4. The van der Waals surface area contributed by atoms with Crippen LogP contribution in [0.15, 0.2) is 30.3 Å². The minimum absolute atomic E-state index is 0.0933. The Morgan fingerprint density at radius 1 is 1.05 bits per heavy atom. The van der Waals surface area contributed by atoms with Crippen LogP contribution in [0.5, 0.6) is 0 Å². The Kier molecular flexibility index (Phi) is 9.20. The van der Waals surface area contributed by atoms with Gasteiger partial charge in [-0.25, -0.2) is 9.59 Å². The van der Waals surface area contributed by atoms with Gasteiger partial charge in [-0.1, -0.05) is 51.1 Å². The lowest BCUT2D eigenvalue weighted by Gasteiger charge is -2.37. The highest BCUT2D eigenvalue weighted by Crippen LogP contribution is 2.59. The lowest BCUT2D eigenvalue weighted by atomic mass is 9.85. The van der Waals surface area contributed by atoms with Crippen molar-refractivity contribution >= 4 is 32.3 Å². The number of hydrazine groups is 1. The number of hydrogen-bond acceptors (Lipinski definition) is 7. The molecule has 1 unspecified atom stereocenters. The number of carbonyl (C=O) groups excluding carboxylic acids is 4. The molecule has 3 fully saturated rings. The number of amides is 5. The summed E-state index contributed by atoms with van der Waals surface area (Å²) in [6.45, 7) is 16.0. The minimum Gasteiger partial charge on any atom is -0.444 e. The molecule has 4 rings (SSSR count). The molecule has 0 radical (unpaired) electrons. The maximum atomic E-state index is 13.4. The van der Waals surface area contributed by atoms with Crippen LogP contribution in [0, 0.1) is 5.41 Å². The van der Waals surface area contributed by atoms with E-state index in [-0.39, 0.29) is 35.7 Å². The van der Waals surface area contributed by atoms with E-state index in [0.29, 0.717) is 13.0 Å². The zero-order valence-electron chi connectivity index (χ0n) is 26.6. The van der Waals surface area contributed by atoms with Crippen molar-refractivity contribution in [2.45, 2.75) is 109 Å². The van der Waals surface area contributed by atoms with Gasteiger partial charge in [0.25, 0.3) is 11.8 Å². The highest BCUT2D eigenvalue weighted by atomic mass is 28.4. The van der Waals surface area contributed by atoms with Crippen molar-refractivity contribution in [3.63, 3.8) is 0 Å². The minimum atomic E-state index is -2.26. The second-order valence-electron chi connectivity index (χ2n) is 14.4. The van der Waals surface area contributed by atoms with E-state index in [1.54, 1.807) is 20.8 Å². The molecular formula is C30H47N5O7Si. The predicted octanol–water partition coefficient (Wildman–Crippen LogP) is 3.84. The number of piperidine rings is 1. The Hall–Kier alpha value is -3.16. The Bertz CT molecular complexity index is 1210. The van der Waals surface area contributed by atoms with Crippen molar-refractivity contribution in [2.24, 2.45) is 5.41 Å². The van der Waals surface area contributed by atoms with Crippen LogP contribution in [0.2, 0.25) is 18.1 Å². The van der Waals surface area contributed by atoms with Gasteiger partial charge in [-0.2, -0.15) is 5.06 Å². The molecule has 2 aliphatic heterocycles. The molecule has 1 aromatic carbocycles. The quantitative estimate of drug-likeness (QED) is 0.283. The highest BCUT2D eigenvalue weighted by Gasteiger charge is 2.64. The average Bonchev–Trinajstić information content (AvgIpc) is 3.62. The lowest BCUT2D eigenvalue weighted by Crippen LogP contribution is -2.60. The number of carbonyl (C=O) groups is 4. The first-order valence-electron chi connectivity index (χ1n) is 14.9. The Balaban J connectivity index is 1.39. The van der Waals surface area contributed by atoms with Crippen molar-refractivity contribution in [1.82, 2.24) is 26.1 Å². The van der Waals surface area contributed by atoms with Crippen LogP contribution in [0.4, 0.5) is 9.59 Å². The molecule has 2 saturated heterocycles. The summed E-state index contributed by atoms with van der Waals surface area (Å²) in [5, 5.41) is 3.89. The number of nitrogens with zero attached hydrogens (tertiary/aromatic N) is 2. The molecule has 12 nitrogen and oxygen atoms in total. The molecule has 0 aromatic heterocycles. The van der Waals surface area contributed by atoms with E-state index in [0.717, 1.165) is 18.4 Å². The Labute approximate surface area is 255 Å². The molecule has 13 heteroatoms. The molecule has 1 saturated carbocycles. The van der Waals surface area contributed by atoms with Gasteiger partial charge in [0.05, 0.1) is 12.6 Å². The molecule has 1 aliphatic carbocycles. The topological polar surface area (TPSA) is 139 Å². The van der Waals surface area contributed by atoms with Crippen molar-refractivity contribution in [3.05, 3.63) is 35.9 Å². The van der Waals surface area contributed by atoms with Crippen LogP contribution >= 0.6 is 0 Å². The van der Waals surface area contributed by atoms with E-state index in [9.17, 15) is 19.2 Å². The molecule has 3 aliphatic rings. The highest BCUT2D eigenvalue weighted by molar-refractivity contribution is 6.74. The number of urea groups is 1. The number of nitrogens with one attached hydrogen (secondary N) is 3. The van der Waals surface area contributed by atoms with Crippen LogP contribution < -0.4 is 16.2 Å². The van der Waals surface area contributed by atoms with Crippen molar-refractivity contribution in [3.8, 4) is 0 Å². The summed E-state index contributed by atoms with van der Waals surface area (Å²) >= 11 is 0. The summed E-state index contributed by atoms with van der Waals surface area (Å²) in [6.07, 6.45) is 1.49. The normalized spacial score (nSPS) is 21.8. The second-order valence-corrected chi connectivity index (χ2v) is 19.2. The zero-order valence-corrected chi connectivity index (χ0v) is 27.6. The number of rotatable bonds is 9. The van der Waals surface area contributed by atoms with E-state index in [2.05, 4.69) is 36.9 Å². The second kappa shape index (κ2) is 12.1. The fourth-order valence-corrected chi connectivity index (χ4v) is 6.18. The smallest absolute Gasteiger partial charge is 0.408 e. The van der Waals surface area contributed by atoms with E-state index in [4.69, 9.17) is 14.0 Å². The molecule has 238 valence electrons. The largest absolute Gasteiger partial charge is 0.444 e. The van der Waals surface area contributed by atoms with Gasteiger partial charge in [-0.15, -0.1) is 0 Å². The first kappa shape index (κ1) is 32.7. The number of hydrogen-bond donors (Lipinski definition) is 3. The van der Waals surface area contributed by atoms with Crippen LogP contribution in [0.1, 0.15) is 66.4 Å². The number of alkyl carbamates (subject to hydrolysis) is 1. The summed E-state index contributed by atoms with van der Waals surface area (Å²) in [4.78, 5) is 60.1. The summed E-state index contributed by atoms with van der Waals surface area (Å²) in [5.41, 5.74) is 4.93. The number of ether oxygens (including phenoxy) is 1. The average molecular weight is 618 g/mol. The van der Waals surface area contributed by atoms with Gasteiger partial charge in [0.15, 0.2) is 8.32 Å². The van der Waals surface area contributed by atoms with Crippen molar-refractivity contribution in [2.75, 3.05) is 13.2 Å². The standard InChI is InChI=1S/C30H47N5O7Si/c1-28(2,3)42-26(38)31-21(19-41-43(7,8)29(4,5)6)24(36)32-33-25(37)22-16-30(14-15-30)23-17-34(22)27(39)35(23)40-18-20-12-10-9-11-13-20/h9-13,21-23H,14-19H2,1-8H3,(H,31,38)(H,32,36)(H,33,37)/t21?,22-,23+/m0/s1. The van der Waals surface area contributed by atoms with E-state index >= 15 is 0 Å². The third-order valence-electron chi connectivity index (χ3n) is 8.91. The molecule has 2 heterocycles. The molecule has 2 bridgehead atoms. The third kappa shape index (κ3) is 7.68. The molecule has 43 heavy (non-hydrogen) atoms. The van der Waals surface area contributed by atoms with Gasteiger partial charge < -0.3 is 19.4 Å². The molecule has 1 spiro atoms. The van der Waals surface area contributed by atoms with Gasteiger partial charge in [0, 0.05) is 6.54 Å². The maximum absolute atomic E-state index is 13.4. The van der Waals surface area contributed by atoms with E-state index in [1.165, 1.54) is 9.96 Å². The van der Waals surface area contributed by atoms with Crippen LogP contribution in [0.3, 0.4) is 0 Å². The predicted molar refractivity (Wildman–Crippen MR) is 162 cm³/mol. The van der Waals surface area contributed by atoms with Crippen LogP contribution in [-0.4, -0.2) is 79.1 Å². The van der Waals surface area contributed by atoms with E-state index < -0.39 is 43.9 Å². The number of benzene rings is 1. The van der Waals surface area contributed by atoms with Gasteiger partial charge in [0.2, 0.25) is 0 Å². The van der Waals surface area contributed by atoms with Crippen LogP contribution in [-0.2, 0) is 30.2 Å². The van der Waals surface area contributed by atoms with Crippen LogP contribution in [0.25, 0.3) is 0 Å². The maximum Gasteiger partial charge on any atom is 0.408 e. The SMILES string of the molecule is CC(C)(C)OC(=O)NC(CO[Si](C)(C)C(C)(C)C)C(=O)NNC(=O)[C@@H]1CC2(CC2)[C@H]2CN1C(=O)N2OCc1ccccc1. The lowest BCUT2D eigenvalue weighted by molar-refractivity contribution is -0.153. The molecule has 3 N–H and O–H groups in total. The van der Waals surface area contributed by atoms with Gasteiger partial charge in [-0.3, -0.25) is 25.3 Å². The molecule has 3 atom stereocenters. The summed E-state index contributed by atoms with van der Waals surface area (Å²) in [5.74, 6) is -1.16. The van der Waals surface area contributed by atoms with E-state index in [1.807, 2.05) is 43.4 Å². The first-order valence-corrected chi connectivity index (χ1v) is 17.8. The van der Waals surface area contributed by atoms with Crippen molar-refractivity contribution < 1.29 is 33.2 Å². The summed E-state index contributed by atoms with van der Waals surface area (Å²) in [7, 11) is -2.26. The number of fused-ring (bicyclic) bond motifs is 3.